The summed E-state index contributed by atoms with van der Waals surface area (Å²) in [5.74, 6) is 0. The normalized spacial score (nSPS) is 15.3. The first-order valence-corrected chi connectivity index (χ1v) is 9.52. The first-order chi connectivity index (χ1) is 12.0. The standard InChI is InChI=1S/C20H27N3OS/c1-13-9-14(2)18-15(10-13)11-16(19(24)22-18)12-23(20(25)21-3)17-7-5-4-6-8-17/h9-11,17H,4-8,12H2,1-3H3,(H,21,25)(H,22,24). The van der Waals surface area contributed by atoms with Crippen LogP contribution >= 0.6 is 12.2 Å². The largest absolute Gasteiger partial charge is 0.366 e. The molecule has 134 valence electrons. The molecule has 3 rings (SSSR count). The van der Waals surface area contributed by atoms with Gasteiger partial charge in [-0.25, -0.2) is 0 Å². The van der Waals surface area contributed by atoms with Crippen LogP contribution in [-0.2, 0) is 6.54 Å². The molecule has 4 nitrogen and oxygen atoms in total. The maximum atomic E-state index is 12.7. The van der Waals surface area contributed by atoms with Crippen molar-refractivity contribution in [3.05, 3.63) is 45.2 Å². The van der Waals surface area contributed by atoms with Gasteiger partial charge in [0.05, 0.1) is 12.1 Å². The number of aryl methyl sites for hydroxylation is 2. The second-order valence-electron chi connectivity index (χ2n) is 7.14. The van der Waals surface area contributed by atoms with E-state index in [9.17, 15) is 4.79 Å². The maximum absolute atomic E-state index is 12.7. The minimum Gasteiger partial charge on any atom is -0.366 e. The van der Waals surface area contributed by atoms with E-state index < -0.39 is 0 Å². The summed E-state index contributed by atoms with van der Waals surface area (Å²) < 4.78 is 0. The van der Waals surface area contributed by atoms with Gasteiger partial charge in [-0.3, -0.25) is 4.79 Å². The van der Waals surface area contributed by atoms with Gasteiger partial charge in [-0.2, -0.15) is 0 Å². The van der Waals surface area contributed by atoms with Crippen molar-refractivity contribution in [1.29, 1.82) is 0 Å². The molecule has 0 aliphatic heterocycles. The van der Waals surface area contributed by atoms with Crippen molar-refractivity contribution in [3.8, 4) is 0 Å². The van der Waals surface area contributed by atoms with Crippen molar-refractivity contribution in [1.82, 2.24) is 15.2 Å². The Labute approximate surface area is 154 Å². The van der Waals surface area contributed by atoms with Gasteiger partial charge < -0.3 is 15.2 Å². The van der Waals surface area contributed by atoms with Crippen LogP contribution in [-0.4, -0.2) is 28.1 Å². The molecule has 1 fully saturated rings. The van der Waals surface area contributed by atoms with E-state index in [0.717, 1.165) is 40.0 Å². The molecule has 25 heavy (non-hydrogen) atoms. The van der Waals surface area contributed by atoms with Crippen LogP contribution in [0.15, 0.2) is 23.0 Å². The van der Waals surface area contributed by atoms with Crippen molar-refractivity contribution in [3.63, 3.8) is 0 Å². The molecule has 2 aromatic rings. The van der Waals surface area contributed by atoms with Gasteiger partial charge >= 0.3 is 0 Å². The molecule has 1 aliphatic rings. The van der Waals surface area contributed by atoms with Gasteiger partial charge in [0.2, 0.25) is 0 Å². The van der Waals surface area contributed by atoms with Gasteiger partial charge in [-0.15, -0.1) is 0 Å². The van der Waals surface area contributed by atoms with Gasteiger partial charge in [0, 0.05) is 18.7 Å². The van der Waals surface area contributed by atoms with Gasteiger partial charge in [-0.1, -0.05) is 30.9 Å². The Balaban J connectivity index is 1.97. The summed E-state index contributed by atoms with van der Waals surface area (Å²) in [6.45, 7) is 4.68. The molecule has 0 bridgehead atoms. The first kappa shape index (κ1) is 17.9. The molecule has 1 aromatic heterocycles. The summed E-state index contributed by atoms with van der Waals surface area (Å²) in [6.07, 6.45) is 6.06. The van der Waals surface area contributed by atoms with Crippen LogP contribution in [0.3, 0.4) is 0 Å². The number of H-pyrrole nitrogens is 1. The summed E-state index contributed by atoms with van der Waals surface area (Å²) in [6, 6.07) is 6.68. The minimum atomic E-state index is -0.0147. The average Bonchev–Trinajstić information content (AvgIpc) is 2.60. The fourth-order valence-corrected chi connectivity index (χ4v) is 4.15. The number of pyridine rings is 1. The lowest BCUT2D eigenvalue weighted by atomic mass is 9.94. The Morgan fingerprint density at radius 1 is 1.24 bits per heavy atom. The topological polar surface area (TPSA) is 48.1 Å². The van der Waals surface area contributed by atoms with Crippen LogP contribution < -0.4 is 10.9 Å². The fraction of sp³-hybridized carbons (Fsp3) is 0.500. The third-order valence-electron chi connectivity index (χ3n) is 5.20. The summed E-state index contributed by atoms with van der Waals surface area (Å²) >= 11 is 5.54. The van der Waals surface area contributed by atoms with Crippen LogP contribution in [0.4, 0.5) is 0 Å². The molecular weight excluding hydrogens is 330 g/mol. The van der Waals surface area contributed by atoms with Crippen LogP contribution in [0.1, 0.15) is 48.8 Å². The molecule has 1 saturated carbocycles. The SMILES string of the molecule is CNC(=S)N(Cc1cc2cc(C)cc(C)c2[nH]c1=O)C1CCCCC1. The van der Waals surface area contributed by atoms with Crippen molar-refractivity contribution in [2.75, 3.05) is 7.05 Å². The Bertz CT molecular complexity index is 837. The Morgan fingerprint density at radius 2 is 1.96 bits per heavy atom. The number of benzene rings is 1. The predicted octanol–water partition coefficient (Wildman–Crippen LogP) is 3.78. The highest BCUT2D eigenvalue weighted by Crippen LogP contribution is 2.25. The molecule has 0 atom stereocenters. The van der Waals surface area contributed by atoms with E-state index >= 15 is 0 Å². The zero-order valence-electron chi connectivity index (χ0n) is 15.3. The van der Waals surface area contributed by atoms with Gasteiger partial charge in [0.25, 0.3) is 5.56 Å². The average molecular weight is 358 g/mol. The van der Waals surface area contributed by atoms with E-state index in [-0.39, 0.29) is 5.56 Å². The number of hydrogen-bond acceptors (Lipinski definition) is 2. The smallest absolute Gasteiger partial charge is 0.253 e. The molecule has 5 heteroatoms. The summed E-state index contributed by atoms with van der Waals surface area (Å²) in [5.41, 5.74) is 4.01. The third-order valence-corrected chi connectivity index (χ3v) is 5.64. The zero-order valence-corrected chi connectivity index (χ0v) is 16.1. The molecule has 0 unspecified atom stereocenters. The molecule has 1 aliphatic carbocycles. The third kappa shape index (κ3) is 3.87. The number of rotatable bonds is 3. The highest BCUT2D eigenvalue weighted by atomic mass is 32.1. The Kier molecular flexibility index (Phi) is 5.42. The quantitative estimate of drug-likeness (QED) is 0.821. The molecule has 0 saturated heterocycles. The van der Waals surface area contributed by atoms with E-state index in [1.54, 1.807) is 0 Å². The lowest BCUT2D eigenvalue weighted by Gasteiger charge is -2.36. The summed E-state index contributed by atoms with van der Waals surface area (Å²) in [4.78, 5) is 17.9. The molecule has 2 N–H and O–H groups in total. The van der Waals surface area contributed by atoms with E-state index in [1.165, 1.54) is 24.8 Å². The Morgan fingerprint density at radius 3 is 2.64 bits per heavy atom. The van der Waals surface area contributed by atoms with Crippen LogP contribution in [0.2, 0.25) is 0 Å². The van der Waals surface area contributed by atoms with Gasteiger partial charge in [0.15, 0.2) is 5.11 Å². The highest BCUT2D eigenvalue weighted by molar-refractivity contribution is 7.80. The van der Waals surface area contributed by atoms with Gasteiger partial charge in [0.1, 0.15) is 0 Å². The minimum absolute atomic E-state index is 0.0147. The number of aromatic amines is 1. The number of hydrogen-bond donors (Lipinski definition) is 2. The molecule has 0 amide bonds. The lowest BCUT2D eigenvalue weighted by Crippen LogP contribution is -2.46. The van der Waals surface area contributed by atoms with E-state index in [2.05, 4.69) is 34.3 Å². The van der Waals surface area contributed by atoms with E-state index in [1.807, 2.05) is 20.0 Å². The number of nitrogens with zero attached hydrogens (tertiary/aromatic N) is 1. The van der Waals surface area contributed by atoms with Crippen molar-refractivity contribution >= 4 is 28.2 Å². The summed E-state index contributed by atoms with van der Waals surface area (Å²) in [7, 11) is 1.86. The number of thiocarbonyl (C=S) groups is 1. The predicted molar refractivity (Wildman–Crippen MR) is 108 cm³/mol. The maximum Gasteiger partial charge on any atom is 0.253 e. The lowest BCUT2D eigenvalue weighted by molar-refractivity contribution is 0.235. The van der Waals surface area contributed by atoms with Crippen LogP contribution in [0, 0.1) is 13.8 Å². The second-order valence-corrected chi connectivity index (χ2v) is 7.53. The Hall–Kier alpha value is -1.88. The number of fused-ring (bicyclic) bond motifs is 1. The molecular formula is C20H27N3OS. The van der Waals surface area contributed by atoms with Crippen molar-refractivity contribution in [2.24, 2.45) is 0 Å². The molecule has 0 spiro atoms. The van der Waals surface area contributed by atoms with Crippen molar-refractivity contribution < 1.29 is 0 Å². The highest BCUT2D eigenvalue weighted by Gasteiger charge is 2.24. The zero-order chi connectivity index (χ0) is 18.0. The van der Waals surface area contributed by atoms with Gasteiger partial charge in [-0.05, 0) is 62.0 Å². The first-order valence-electron chi connectivity index (χ1n) is 9.11. The second kappa shape index (κ2) is 7.56. The summed E-state index contributed by atoms with van der Waals surface area (Å²) in [5, 5.41) is 4.92. The number of nitrogens with one attached hydrogen (secondary N) is 2. The molecule has 1 aromatic carbocycles. The van der Waals surface area contributed by atoms with E-state index in [4.69, 9.17) is 12.2 Å². The number of aromatic nitrogens is 1. The van der Waals surface area contributed by atoms with E-state index in [0.29, 0.717) is 12.6 Å². The van der Waals surface area contributed by atoms with Crippen LogP contribution in [0.5, 0.6) is 0 Å². The van der Waals surface area contributed by atoms with Crippen LogP contribution in [0.25, 0.3) is 10.9 Å². The monoisotopic (exact) mass is 357 g/mol. The van der Waals surface area contributed by atoms with Crippen molar-refractivity contribution in [2.45, 2.75) is 58.5 Å². The molecule has 0 radical (unpaired) electrons. The fourth-order valence-electron chi connectivity index (χ4n) is 3.94. The molecule has 1 heterocycles.